The van der Waals surface area contributed by atoms with Gasteiger partial charge in [-0.2, -0.15) is 4.98 Å². The van der Waals surface area contributed by atoms with Crippen molar-refractivity contribution in [2.75, 3.05) is 18.0 Å². The molecule has 1 aliphatic rings. The highest BCUT2D eigenvalue weighted by atomic mass is 15.4. The quantitative estimate of drug-likeness (QED) is 0.724. The Morgan fingerprint density at radius 1 is 1.05 bits per heavy atom. The lowest BCUT2D eigenvalue weighted by atomic mass is 10.1. The minimum atomic E-state index is 0.495. The summed E-state index contributed by atoms with van der Waals surface area (Å²) >= 11 is 0. The van der Waals surface area contributed by atoms with E-state index in [2.05, 4.69) is 46.2 Å². The summed E-state index contributed by atoms with van der Waals surface area (Å²) in [5.41, 5.74) is 0. The number of rotatable bonds is 8. The summed E-state index contributed by atoms with van der Waals surface area (Å²) in [6, 6.07) is 0.989. The Balaban J connectivity index is 1.73. The first kappa shape index (κ1) is 16.3. The van der Waals surface area contributed by atoms with Crippen LogP contribution in [0, 0.1) is 0 Å². The maximum Gasteiger partial charge on any atom is 0.244 e. The van der Waals surface area contributed by atoms with Crippen molar-refractivity contribution < 1.29 is 0 Å². The van der Waals surface area contributed by atoms with Gasteiger partial charge >= 0.3 is 0 Å². The molecule has 1 saturated heterocycles. The average molecular weight is 293 g/mol. The van der Waals surface area contributed by atoms with Gasteiger partial charge < -0.3 is 10.2 Å². The van der Waals surface area contributed by atoms with E-state index in [4.69, 9.17) is 0 Å². The van der Waals surface area contributed by atoms with Gasteiger partial charge in [-0.05, 0) is 20.3 Å². The minimum absolute atomic E-state index is 0.495. The fraction of sp³-hybridized carbons (Fsp3) is 0.875. The normalized spacial score (nSPS) is 22.7. The highest BCUT2D eigenvalue weighted by Gasteiger charge is 2.23. The summed E-state index contributed by atoms with van der Waals surface area (Å²) in [7, 11) is 0. The Morgan fingerprint density at radius 3 is 2.43 bits per heavy atom. The standard InChI is InChI=1S/C16H31N5/c1-4-5-6-7-8-9-10-15-18-16(20-19-15)21-11-13(2)17-14(3)12-21/h13-14,17H,4-12H2,1-3H3,(H,18,19,20). The van der Waals surface area contributed by atoms with Gasteiger partial charge in [0.25, 0.3) is 0 Å². The molecule has 2 N–H and O–H groups in total. The lowest BCUT2D eigenvalue weighted by Crippen LogP contribution is -2.54. The van der Waals surface area contributed by atoms with Gasteiger partial charge in [0.15, 0.2) is 0 Å². The smallest absolute Gasteiger partial charge is 0.244 e. The maximum absolute atomic E-state index is 4.67. The number of nitrogens with one attached hydrogen (secondary N) is 2. The summed E-state index contributed by atoms with van der Waals surface area (Å²) in [6.45, 7) is 8.66. The van der Waals surface area contributed by atoms with E-state index < -0.39 is 0 Å². The van der Waals surface area contributed by atoms with Gasteiger partial charge in [0.05, 0.1) is 0 Å². The van der Waals surface area contributed by atoms with Crippen molar-refractivity contribution in [1.82, 2.24) is 20.5 Å². The molecule has 5 heteroatoms. The number of nitrogens with zero attached hydrogens (tertiary/aromatic N) is 3. The molecule has 2 unspecified atom stereocenters. The van der Waals surface area contributed by atoms with Crippen LogP contribution in [0.5, 0.6) is 0 Å². The summed E-state index contributed by atoms with van der Waals surface area (Å²) in [6.07, 6.45) is 8.94. The SMILES string of the molecule is CCCCCCCCc1nc(N2CC(C)NC(C)C2)n[nH]1. The van der Waals surface area contributed by atoms with Gasteiger partial charge in [-0.3, -0.25) is 5.10 Å². The number of aromatic amines is 1. The van der Waals surface area contributed by atoms with Crippen LogP contribution in [0.3, 0.4) is 0 Å². The van der Waals surface area contributed by atoms with Crippen LogP contribution in [0.4, 0.5) is 5.95 Å². The van der Waals surface area contributed by atoms with Gasteiger partial charge in [0.2, 0.25) is 5.95 Å². The Kier molecular flexibility index (Phi) is 6.49. The van der Waals surface area contributed by atoms with Crippen molar-refractivity contribution in [1.29, 1.82) is 0 Å². The molecule has 0 aliphatic carbocycles. The van der Waals surface area contributed by atoms with Gasteiger partial charge in [0, 0.05) is 31.6 Å². The Labute approximate surface area is 128 Å². The summed E-state index contributed by atoms with van der Waals surface area (Å²) in [5, 5.41) is 11.0. The number of piperazine rings is 1. The van der Waals surface area contributed by atoms with Gasteiger partial charge in [-0.1, -0.05) is 39.0 Å². The summed E-state index contributed by atoms with van der Waals surface area (Å²) < 4.78 is 0. The molecule has 1 aliphatic heterocycles. The van der Waals surface area contributed by atoms with Crippen molar-refractivity contribution in [3.05, 3.63) is 5.82 Å². The van der Waals surface area contributed by atoms with Crippen molar-refractivity contribution >= 4 is 5.95 Å². The van der Waals surface area contributed by atoms with Crippen LogP contribution in [0.15, 0.2) is 0 Å². The number of aryl methyl sites for hydroxylation is 1. The Bertz CT molecular complexity index is 393. The van der Waals surface area contributed by atoms with Crippen molar-refractivity contribution in [2.24, 2.45) is 0 Å². The second-order valence-electron chi connectivity index (χ2n) is 6.47. The zero-order valence-corrected chi connectivity index (χ0v) is 13.9. The van der Waals surface area contributed by atoms with Gasteiger partial charge in [-0.15, -0.1) is 5.10 Å². The predicted octanol–water partition coefficient (Wildman–Crippen LogP) is 2.89. The van der Waals surface area contributed by atoms with Crippen LogP contribution in [0.25, 0.3) is 0 Å². The van der Waals surface area contributed by atoms with Crippen LogP contribution in [-0.4, -0.2) is 40.4 Å². The molecular formula is C16H31N5. The largest absolute Gasteiger partial charge is 0.336 e. The molecular weight excluding hydrogens is 262 g/mol. The molecule has 1 aromatic heterocycles. The third-order valence-corrected chi connectivity index (χ3v) is 4.13. The monoisotopic (exact) mass is 293 g/mol. The molecule has 0 bridgehead atoms. The van der Waals surface area contributed by atoms with Crippen LogP contribution in [-0.2, 0) is 6.42 Å². The van der Waals surface area contributed by atoms with Crippen LogP contribution >= 0.6 is 0 Å². The number of hydrogen-bond donors (Lipinski definition) is 2. The zero-order valence-electron chi connectivity index (χ0n) is 13.9. The van der Waals surface area contributed by atoms with E-state index in [1.807, 2.05) is 0 Å². The Morgan fingerprint density at radius 2 is 1.71 bits per heavy atom. The van der Waals surface area contributed by atoms with Gasteiger partial charge in [-0.25, -0.2) is 0 Å². The minimum Gasteiger partial charge on any atom is -0.336 e. The lowest BCUT2D eigenvalue weighted by molar-refractivity contribution is 0.403. The van der Waals surface area contributed by atoms with E-state index in [0.717, 1.165) is 31.3 Å². The fourth-order valence-electron chi connectivity index (χ4n) is 3.10. The predicted molar refractivity (Wildman–Crippen MR) is 87.7 cm³/mol. The van der Waals surface area contributed by atoms with Gasteiger partial charge in [0.1, 0.15) is 5.82 Å². The number of anilines is 1. The van der Waals surface area contributed by atoms with Crippen molar-refractivity contribution in [3.63, 3.8) is 0 Å². The first-order valence-corrected chi connectivity index (χ1v) is 8.61. The van der Waals surface area contributed by atoms with E-state index in [-0.39, 0.29) is 0 Å². The molecule has 0 saturated carbocycles. The van der Waals surface area contributed by atoms with Crippen LogP contribution in [0.2, 0.25) is 0 Å². The maximum atomic E-state index is 4.67. The zero-order chi connectivity index (χ0) is 15.1. The molecule has 21 heavy (non-hydrogen) atoms. The Hall–Kier alpha value is -1.10. The molecule has 1 aromatic rings. The highest BCUT2D eigenvalue weighted by molar-refractivity contribution is 5.30. The molecule has 2 heterocycles. The lowest BCUT2D eigenvalue weighted by Gasteiger charge is -2.35. The van der Waals surface area contributed by atoms with Crippen LogP contribution in [0.1, 0.15) is 65.1 Å². The molecule has 120 valence electrons. The molecule has 0 aromatic carbocycles. The molecule has 1 fully saturated rings. The molecule has 0 spiro atoms. The third kappa shape index (κ3) is 5.30. The third-order valence-electron chi connectivity index (χ3n) is 4.13. The number of H-pyrrole nitrogens is 1. The second kappa shape index (κ2) is 8.37. The molecule has 2 atom stereocenters. The van der Waals surface area contributed by atoms with Crippen LogP contribution < -0.4 is 10.2 Å². The summed E-state index contributed by atoms with van der Waals surface area (Å²) in [4.78, 5) is 6.95. The molecule has 0 amide bonds. The average Bonchev–Trinajstić information content (AvgIpc) is 2.90. The van der Waals surface area contributed by atoms with E-state index in [9.17, 15) is 0 Å². The molecule has 5 nitrogen and oxygen atoms in total. The summed E-state index contributed by atoms with van der Waals surface area (Å²) in [5.74, 6) is 1.91. The topological polar surface area (TPSA) is 56.8 Å². The highest BCUT2D eigenvalue weighted by Crippen LogP contribution is 2.14. The van der Waals surface area contributed by atoms with Crippen molar-refractivity contribution in [3.8, 4) is 0 Å². The number of hydrogen-bond acceptors (Lipinski definition) is 4. The first-order valence-electron chi connectivity index (χ1n) is 8.61. The van der Waals surface area contributed by atoms with E-state index in [1.165, 1.54) is 38.5 Å². The van der Waals surface area contributed by atoms with E-state index in [1.54, 1.807) is 0 Å². The van der Waals surface area contributed by atoms with Crippen molar-refractivity contribution in [2.45, 2.75) is 77.8 Å². The fourth-order valence-corrected chi connectivity index (χ4v) is 3.10. The molecule has 0 radical (unpaired) electrons. The number of unbranched alkanes of at least 4 members (excludes halogenated alkanes) is 5. The first-order chi connectivity index (χ1) is 10.2. The number of aromatic nitrogens is 3. The van der Waals surface area contributed by atoms with E-state index >= 15 is 0 Å². The van der Waals surface area contributed by atoms with E-state index in [0.29, 0.717) is 12.1 Å². The second-order valence-corrected chi connectivity index (χ2v) is 6.47. The molecule has 2 rings (SSSR count).